The number of nitrogens with zero attached hydrogens (tertiary/aromatic N) is 2. The number of aromatic nitrogens is 1. The summed E-state index contributed by atoms with van der Waals surface area (Å²) in [5.74, 6) is -7.07. The maximum atomic E-state index is 13.1. The van der Waals surface area contributed by atoms with Crippen molar-refractivity contribution in [3.63, 3.8) is 0 Å². The van der Waals surface area contributed by atoms with E-state index in [9.17, 15) is 48.9 Å². The normalized spacial score (nSPS) is 11.9. The van der Waals surface area contributed by atoms with Crippen LogP contribution in [0.2, 0.25) is 0 Å². The van der Waals surface area contributed by atoms with Gasteiger partial charge in [-0.15, -0.1) is 11.3 Å². The van der Waals surface area contributed by atoms with Crippen molar-refractivity contribution in [1.82, 2.24) is 20.9 Å². The fourth-order valence-electron chi connectivity index (χ4n) is 4.99. The predicted octanol–water partition coefficient (Wildman–Crippen LogP) is 2.30. The average molecular weight is 696 g/mol. The lowest BCUT2D eigenvalue weighted by atomic mass is 9.99. The third-order valence-corrected chi connectivity index (χ3v) is 8.09. The first-order valence-electron chi connectivity index (χ1n) is 15.3. The SMILES string of the molecule is CCc1cc(CC(NC(C)=O)C(=O)NCCCCC(=O)NC(Cc2nccs2)C(=O)O)ccc1N(C(=O)C(=O)O)c1ccccc1C(=O)O. The molecular weight excluding hydrogens is 658 g/mol. The lowest BCUT2D eigenvalue weighted by Crippen LogP contribution is -2.47. The number of carboxylic acid groups (broad SMARTS) is 3. The van der Waals surface area contributed by atoms with Crippen LogP contribution in [0.15, 0.2) is 54.0 Å². The number of para-hydroxylation sites is 1. The van der Waals surface area contributed by atoms with Crippen molar-refractivity contribution in [2.75, 3.05) is 11.4 Å². The van der Waals surface area contributed by atoms with Gasteiger partial charge in [-0.05, 0) is 48.6 Å². The molecule has 0 bridgehead atoms. The molecule has 2 unspecified atom stereocenters. The number of thiazole rings is 1. The lowest BCUT2D eigenvalue weighted by Gasteiger charge is -2.26. The van der Waals surface area contributed by atoms with Gasteiger partial charge in [0.2, 0.25) is 17.7 Å². The van der Waals surface area contributed by atoms with E-state index in [4.69, 9.17) is 0 Å². The summed E-state index contributed by atoms with van der Waals surface area (Å²) in [6.45, 7) is 3.20. The number of hydrogen-bond donors (Lipinski definition) is 6. The van der Waals surface area contributed by atoms with Gasteiger partial charge in [0.15, 0.2) is 0 Å². The summed E-state index contributed by atoms with van der Waals surface area (Å²) in [5.41, 5.74) is 0.808. The second kappa shape index (κ2) is 18.1. The molecule has 15 nitrogen and oxygen atoms in total. The van der Waals surface area contributed by atoms with Crippen LogP contribution in [0.3, 0.4) is 0 Å². The van der Waals surface area contributed by atoms with Crippen LogP contribution in [-0.4, -0.2) is 80.5 Å². The first-order valence-corrected chi connectivity index (χ1v) is 16.2. The zero-order valence-electron chi connectivity index (χ0n) is 26.8. The highest BCUT2D eigenvalue weighted by molar-refractivity contribution is 7.09. The number of rotatable bonds is 17. The van der Waals surface area contributed by atoms with E-state index in [1.807, 2.05) is 0 Å². The third kappa shape index (κ3) is 11.0. The van der Waals surface area contributed by atoms with Crippen molar-refractivity contribution in [1.29, 1.82) is 0 Å². The molecule has 0 spiro atoms. The molecule has 3 aromatic rings. The number of aryl methyl sites for hydroxylation is 1. The predicted molar refractivity (Wildman–Crippen MR) is 178 cm³/mol. The lowest BCUT2D eigenvalue weighted by molar-refractivity contribution is -0.148. The summed E-state index contributed by atoms with van der Waals surface area (Å²) in [6.07, 6.45) is 2.77. The second-order valence-corrected chi connectivity index (χ2v) is 11.9. The number of aromatic carboxylic acids is 1. The quantitative estimate of drug-likeness (QED) is 0.0886. The number of hydrogen-bond acceptors (Lipinski definition) is 9. The standard InChI is InChI=1S/C33H37N5O10S/c1-3-21-16-20(11-12-25(21)38(30(42)33(47)48)26-9-5-4-8-22(26)31(43)44)17-23(36-19(2)39)29(41)35-13-7-6-10-27(40)37-24(32(45)46)18-28-34-14-15-49-28/h4-5,8-9,11-12,14-16,23-24H,3,6-7,10,13,17-18H2,1-2H3,(H,35,41)(H,36,39)(H,37,40)(H,43,44)(H,45,46)(H,47,48). The highest BCUT2D eigenvalue weighted by Crippen LogP contribution is 2.33. The highest BCUT2D eigenvalue weighted by atomic mass is 32.1. The fraction of sp³-hybridized carbons (Fsp3) is 0.333. The Kier molecular flexibility index (Phi) is 13.9. The molecule has 16 heteroatoms. The van der Waals surface area contributed by atoms with Crippen molar-refractivity contribution in [2.45, 2.75) is 64.5 Å². The average Bonchev–Trinajstić information content (AvgIpc) is 3.57. The van der Waals surface area contributed by atoms with Gasteiger partial charge in [0.05, 0.1) is 21.9 Å². The number of unbranched alkanes of at least 4 members (excludes halogenated alkanes) is 1. The van der Waals surface area contributed by atoms with Crippen molar-refractivity contribution >= 4 is 64.2 Å². The molecule has 49 heavy (non-hydrogen) atoms. The third-order valence-electron chi connectivity index (χ3n) is 7.29. The molecule has 1 aromatic heterocycles. The zero-order valence-corrected chi connectivity index (χ0v) is 27.6. The van der Waals surface area contributed by atoms with Crippen LogP contribution < -0.4 is 20.9 Å². The molecular formula is C33H37N5O10S. The Balaban J connectivity index is 1.66. The largest absolute Gasteiger partial charge is 0.480 e. The minimum Gasteiger partial charge on any atom is -0.480 e. The van der Waals surface area contributed by atoms with Crippen molar-refractivity contribution in [3.8, 4) is 0 Å². The Morgan fingerprint density at radius 2 is 1.63 bits per heavy atom. The first-order chi connectivity index (χ1) is 23.3. The Labute approximate surface area is 285 Å². The number of carbonyl (C=O) groups excluding carboxylic acids is 4. The van der Waals surface area contributed by atoms with E-state index in [0.717, 1.165) is 4.90 Å². The fourth-order valence-corrected chi connectivity index (χ4v) is 5.65. The molecule has 0 saturated heterocycles. The van der Waals surface area contributed by atoms with Crippen LogP contribution in [-0.2, 0) is 48.0 Å². The molecule has 260 valence electrons. The molecule has 1 heterocycles. The van der Waals surface area contributed by atoms with Gasteiger partial charge in [0.1, 0.15) is 12.1 Å². The molecule has 0 aliphatic heterocycles. The van der Waals surface area contributed by atoms with E-state index in [2.05, 4.69) is 20.9 Å². The van der Waals surface area contributed by atoms with Crippen LogP contribution in [0.1, 0.15) is 59.6 Å². The molecule has 0 fully saturated rings. The number of nitrogens with one attached hydrogen (secondary N) is 3. The molecule has 3 rings (SSSR count). The van der Waals surface area contributed by atoms with E-state index in [1.165, 1.54) is 48.6 Å². The summed E-state index contributed by atoms with van der Waals surface area (Å²) >= 11 is 1.29. The summed E-state index contributed by atoms with van der Waals surface area (Å²) in [6, 6.07) is 8.09. The number of benzene rings is 2. The smallest absolute Gasteiger partial charge is 0.395 e. The van der Waals surface area contributed by atoms with Crippen LogP contribution in [0.4, 0.5) is 11.4 Å². The zero-order chi connectivity index (χ0) is 36.1. The van der Waals surface area contributed by atoms with E-state index in [0.29, 0.717) is 35.4 Å². The molecule has 6 N–H and O–H groups in total. The van der Waals surface area contributed by atoms with Gasteiger partial charge < -0.3 is 31.3 Å². The summed E-state index contributed by atoms with van der Waals surface area (Å²) < 4.78 is 0. The minimum absolute atomic E-state index is 0.0371. The number of aliphatic carboxylic acids is 2. The van der Waals surface area contributed by atoms with Crippen molar-refractivity contribution in [3.05, 3.63) is 75.7 Å². The van der Waals surface area contributed by atoms with E-state index in [1.54, 1.807) is 30.6 Å². The van der Waals surface area contributed by atoms with E-state index in [-0.39, 0.29) is 42.7 Å². The van der Waals surface area contributed by atoms with Gasteiger partial charge in [0.25, 0.3) is 0 Å². The maximum absolute atomic E-state index is 13.1. The number of anilines is 2. The van der Waals surface area contributed by atoms with Gasteiger partial charge in [-0.25, -0.2) is 19.4 Å². The monoisotopic (exact) mass is 695 g/mol. The van der Waals surface area contributed by atoms with Crippen LogP contribution in [0.5, 0.6) is 0 Å². The molecule has 0 aliphatic carbocycles. The van der Waals surface area contributed by atoms with Gasteiger partial charge in [-0.2, -0.15) is 0 Å². The Bertz CT molecular complexity index is 1690. The molecule has 4 amide bonds. The minimum atomic E-state index is -1.79. The number of amides is 4. The second-order valence-electron chi connectivity index (χ2n) is 10.9. The van der Waals surface area contributed by atoms with Crippen LogP contribution in [0, 0.1) is 0 Å². The Hall–Kier alpha value is -5.64. The first kappa shape index (κ1) is 37.8. The van der Waals surface area contributed by atoms with Crippen molar-refractivity contribution in [2.24, 2.45) is 0 Å². The Morgan fingerprint density at radius 3 is 2.24 bits per heavy atom. The van der Waals surface area contributed by atoms with E-state index < -0.39 is 53.6 Å². The van der Waals surface area contributed by atoms with Gasteiger partial charge in [-0.1, -0.05) is 31.2 Å². The van der Waals surface area contributed by atoms with Gasteiger partial charge >= 0.3 is 23.8 Å². The molecule has 2 aromatic carbocycles. The molecule has 0 saturated carbocycles. The Morgan fingerprint density at radius 1 is 0.898 bits per heavy atom. The summed E-state index contributed by atoms with van der Waals surface area (Å²) in [5, 5.41) is 38.8. The van der Waals surface area contributed by atoms with E-state index >= 15 is 0 Å². The topological polar surface area (TPSA) is 232 Å². The highest BCUT2D eigenvalue weighted by Gasteiger charge is 2.30. The molecule has 2 atom stereocenters. The van der Waals surface area contributed by atoms with Gasteiger partial charge in [0, 0.05) is 44.3 Å². The molecule has 0 aliphatic rings. The number of carbonyl (C=O) groups is 7. The van der Waals surface area contributed by atoms with Crippen LogP contribution >= 0.6 is 11.3 Å². The molecule has 0 radical (unpaired) electrons. The van der Waals surface area contributed by atoms with Crippen LogP contribution in [0.25, 0.3) is 0 Å². The maximum Gasteiger partial charge on any atom is 0.395 e. The van der Waals surface area contributed by atoms with Gasteiger partial charge in [-0.3, -0.25) is 24.1 Å². The van der Waals surface area contributed by atoms with Crippen molar-refractivity contribution < 1.29 is 48.9 Å². The summed E-state index contributed by atoms with van der Waals surface area (Å²) in [4.78, 5) is 90.3. The number of carboxylic acids is 3. The summed E-state index contributed by atoms with van der Waals surface area (Å²) in [7, 11) is 0.